The number of nitrogens with two attached hydrogens (primary N) is 1. The number of carbonyl (C=O) groups is 1. The molecule has 0 fully saturated rings. The van der Waals surface area contributed by atoms with Crippen molar-refractivity contribution in [2.24, 2.45) is 5.73 Å². The standard InChI is InChI=1S/C12H17NO5/c1-17-10-4-7(6-14)3-8(12(10)18-2)11(16)9(15)5-13/h3-4,6,9,11,15-16H,5,13H2,1-2H3. The second-order valence-corrected chi connectivity index (χ2v) is 3.71. The van der Waals surface area contributed by atoms with Crippen LogP contribution in [0, 0.1) is 0 Å². The minimum atomic E-state index is -1.25. The first-order valence-corrected chi connectivity index (χ1v) is 5.36. The predicted molar refractivity (Wildman–Crippen MR) is 65.0 cm³/mol. The van der Waals surface area contributed by atoms with Crippen LogP contribution >= 0.6 is 0 Å². The highest BCUT2D eigenvalue weighted by Crippen LogP contribution is 2.36. The van der Waals surface area contributed by atoms with Crippen LogP contribution in [0.15, 0.2) is 12.1 Å². The van der Waals surface area contributed by atoms with Crippen molar-refractivity contribution in [1.82, 2.24) is 0 Å². The van der Waals surface area contributed by atoms with Gasteiger partial charge in [0.25, 0.3) is 0 Å². The van der Waals surface area contributed by atoms with Gasteiger partial charge in [0, 0.05) is 17.7 Å². The fourth-order valence-electron chi connectivity index (χ4n) is 1.64. The topological polar surface area (TPSA) is 102 Å². The molecular formula is C12H17NO5. The number of aliphatic hydroxyl groups excluding tert-OH is 2. The lowest BCUT2D eigenvalue weighted by atomic mass is 10.00. The summed E-state index contributed by atoms with van der Waals surface area (Å²) in [5.41, 5.74) is 5.86. The van der Waals surface area contributed by atoms with Gasteiger partial charge in [-0.25, -0.2) is 0 Å². The minimum absolute atomic E-state index is 0.113. The zero-order chi connectivity index (χ0) is 13.7. The summed E-state index contributed by atoms with van der Waals surface area (Å²) in [7, 11) is 2.82. The predicted octanol–water partition coefficient (Wildman–Crippen LogP) is -0.131. The molecule has 4 N–H and O–H groups in total. The van der Waals surface area contributed by atoms with Crippen LogP contribution in [-0.4, -0.2) is 43.4 Å². The summed E-state index contributed by atoms with van der Waals surface area (Å²) in [6.07, 6.45) is -1.78. The van der Waals surface area contributed by atoms with Crippen molar-refractivity contribution in [2.75, 3.05) is 20.8 Å². The molecule has 0 spiro atoms. The van der Waals surface area contributed by atoms with E-state index in [9.17, 15) is 15.0 Å². The first kappa shape index (κ1) is 14.4. The maximum atomic E-state index is 10.8. The lowest BCUT2D eigenvalue weighted by Gasteiger charge is -2.21. The highest BCUT2D eigenvalue weighted by atomic mass is 16.5. The van der Waals surface area contributed by atoms with Crippen LogP contribution in [0.4, 0.5) is 0 Å². The van der Waals surface area contributed by atoms with Crippen LogP contribution in [0.2, 0.25) is 0 Å². The van der Waals surface area contributed by atoms with Crippen molar-refractivity contribution < 1.29 is 24.5 Å². The van der Waals surface area contributed by atoms with Crippen LogP contribution in [0.3, 0.4) is 0 Å². The first-order valence-electron chi connectivity index (χ1n) is 5.36. The molecule has 18 heavy (non-hydrogen) atoms. The molecule has 1 rings (SSSR count). The van der Waals surface area contributed by atoms with Crippen LogP contribution in [0.25, 0.3) is 0 Å². The molecule has 0 aliphatic heterocycles. The Labute approximate surface area is 105 Å². The Morgan fingerprint density at radius 3 is 2.44 bits per heavy atom. The molecule has 0 saturated heterocycles. The highest BCUT2D eigenvalue weighted by Gasteiger charge is 2.24. The van der Waals surface area contributed by atoms with Crippen molar-refractivity contribution >= 4 is 6.29 Å². The molecule has 0 saturated carbocycles. The summed E-state index contributed by atoms with van der Waals surface area (Å²) in [6, 6.07) is 2.91. The molecular weight excluding hydrogens is 238 g/mol. The van der Waals surface area contributed by atoms with Gasteiger partial charge in [0.1, 0.15) is 12.4 Å². The van der Waals surface area contributed by atoms with Gasteiger partial charge in [0.05, 0.1) is 20.3 Å². The average Bonchev–Trinajstić information content (AvgIpc) is 2.43. The van der Waals surface area contributed by atoms with Crippen molar-refractivity contribution in [3.05, 3.63) is 23.3 Å². The van der Waals surface area contributed by atoms with E-state index in [0.29, 0.717) is 17.6 Å². The fraction of sp³-hybridized carbons (Fsp3) is 0.417. The van der Waals surface area contributed by atoms with E-state index in [1.807, 2.05) is 0 Å². The Bertz CT molecular complexity index is 421. The molecule has 6 heteroatoms. The quantitative estimate of drug-likeness (QED) is 0.612. The van der Waals surface area contributed by atoms with Gasteiger partial charge in [-0.2, -0.15) is 0 Å². The monoisotopic (exact) mass is 255 g/mol. The Morgan fingerprint density at radius 2 is 2.00 bits per heavy atom. The van der Waals surface area contributed by atoms with E-state index in [2.05, 4.69) is 0 Å². The maximum absolute atomic E-state index is 10.8. The van der Waals surface area contributed by atoms with Crippen LogP contribution in [-0.2, 0) is 0 Å². The number of rotatable bonds is 6. The van der Waals surface area contributed by atoms with Gasteiger partial charge < -0.3 is 25.4 Å². The Balaban J connectivity index is 3.34. The van der Waals surface area contributed by atoms with E-state index in [-0.39, 0.29) is 17.9 Å². The number of hydrogen-bond acceptors (Lipinski definition) is 6. The molecule has 100 valence electrons. The minimum Gasteiger partial charge on any atom is -0.493 e. The lowest BCUT2D eigenvalue weighted by molar-refractivity contribution is 0.0227. The van der Waals surface area contributed by atoms with E-state index in [0.717, 1.165) is 0 Å². The maximum Gasteiger partial charge on any atom is 0.166 e. The second kappa shape index (κ2) is 6.34. The van der Waals surface area contributed by atoms with Gasteiger partial charge >= 0.3 is 0 Å². The number of hydrogen-bond donors (Lipinski definition) is 3. The summed E-state index contributed by atoms with van der Waals surface area (Å²) >= 11 is 0. The third-order valence-electron chi connectivity index (χ3n) is 2.59. The van der Waals surface area contributed by atoms with Crippen LogP contribution in [0.5, 0.6) is 11.5 Å². The molecule has 0 amide bonds. The first-order chi connectivity index (χ1) is 8.58. The molecule has 2 atom stereocenters. The van der Waals surface area contributed by atoms with Gasteiger partial charge in [-0.1, -0.05) is 0 Å². The summed E-state index contributed by atoms with van der Waals surface area (Å²) in [6.45, 7) is -0.113. The molecule has 0 aliphatic rings. The molecule has 6 nitrogen and oxygen atoms in total. The van der Waals surface area contributed by atoms with Crippen LogP contribution < -0.4 is 15.2 Å². The van der Waals surface area contributed by atoms with E-state index in [1.54, 1.807) is 0 Å². The number of ether oxygens (including phenoxy) is 2. The zero-order valence-corrected chi connectivity index (χ0v) is 10.3. The smallest absolute Gasteiger partial charge is 0.166 e. The number of carbonyl (C=O) groups excluding carboxylic acids is 1. The van der Waals surface area contributed by atoms with Crippen molar-refractivity contribution in [3.63, 3.8) is 0 Å². The fourth-order valence-corrected chi connectivity index (χ4v) is 1.64. The summed E-state index contributed by atoms with van der Waals surface area (Å²) in [5.74, 6) is 0.573. The number of aldehydes is 1. The Hall–Kier alpha value is -1.63. The molecule has 0 heterocycles. The normalized spacial score (nSPS) is 13.8. The average molecular weight is 255 g/mol. The van der Waals surface area contributed by atoms with Crippen molar-refractivity contribution in [3.8, 4) is 11.5 Å². The van der Waals surface area contributed by atoms with Gasteiger partial charge in [-0.15, -0.1) is 0 Å². The van der Waals surface area contributed by atoms with E-state index >= 15 is 0 Å². The lowest BCUT2D eigenvalue weighted by Crippen LogP contribution is -2.27. The number of methoxy groups -OCH3 is 2. The second-order valence-electron chi connectivity index (χ2n) is 3.71. The molecule has 0 aromatic heterocycles. The van der Waals surface area contributed by atoms with E-state index in [4.69, 9.17) is 15.2 Å². The molecule has 0 aliphatic carbocycles. The largest absolute Gasteiger partial charge is 0.493 e. The van der Waals surface area contributed by atoms with E-state index in [1.165, 1.54) is 26.4 Å². The number of aliphatic hydroxyl groups is 2. The molecule has 0 radical (unpaired) electrons. The Morgan fingerprint density at radius 1 is 1.33 bits per heavy atom. The summed E-state index contributed by atoms with van der Waals surface area (Å²) < 4.78 is 10.2. The SMILES string of the molecule is COc1cc(C=O)cc(C(O)C(O)CN)c1OC. The van der Waals surface area contributed by atoms with Crippen LogP contribution in [0.1, 0.15) is 22.0 Å². The molecule has 2 unspecified atom stereocenters. The van der Waals surface area contributed by atoms with Crippen molar-refractivity contribution in [1.29, 1.82) is 0 Å². The van der Waals surface area contributed by atoms with Gasteiger partial charge in [0.2, 0.25) is 0 Å². The summed E-state index contributed by atoms with van der Waals surface area (Å²) in [4.78, 5) is 10.8. The zero-order valence-electron chi connectivity index (χ0n) is 10.3. The Kier molecular flexibility index (Phi) is 5.08. The van der Waals surface area contributed by atoms with Gasteiger partial charge in [-0.3, -0.25) is 4.79 Å². The molecule has 1 aromatic carbocycles. The van der Waals surface area contributed by atoms with Gasteiger partial charge in [-0.05, 0) is 12.1 Å². The van der Waals surface area contributed by atoms with Gasteiger partial charge in [0.15, 0.2) is 11.5 Å². The van der Waals surface area contributed by atoms with Crippen molar-refractivity contribution in [2.45, 2.75) is 12.2 Å². The summed E-state index contributed by atoms with van der Waals surface area (Å²) in [5, 5.41) is 19.5. The van der Waals surface area contributed by atoms with E-state index < -0.39 is 12.2 Å². The molecule has 0 bridgehead atoms. The number of benzene rings is 1. The third-order valence-corrected chi connectivity index (χ3v) is 2.59. The highest BCUT2D eigenvalue weighted by molar-refractivity contribution is 5.77. The third kappa shape index (κ3) is 2.79. The molecule has 1 aromatic rings.